The Bertz CT molecular complexity index is 6390. The molecule has 0 aromatic carbocycles. The molecule has 0 amide bonds. The normalized spacial score (nSPS) is 10.1. The number of aromatic nitrogens is 21. The fourth-order valence-corrected chi connectivity index (χ4v) is 11.0. The molecule has 0 N–H and O–H groups in total. The average Bonchev–Trinajstić information content (AvgIpc) is 0.799. The van der Waals surface area contributed by atoms with E-state index in [0.29, 0.717) is 60.0 Å². The molecule has 0 bridgehead atoms. The molecule has 0 radical (unpaired) electrons. The Kier molecular flexibility index (Phi) is 45.8. The molecule has 42 heteroatoms. The van der Waals surface area contributed by atoms with Crippen LogP contribution in [0.1, 0.15) is 66.7 Å². The largest absolute Gasteiger partial charge is 0.338 e. The summed E-state index contributed by atoms with van der Waals surface area (Å²) in [7, 11) is 5.28. The van der Waals surface area contributed by atoms with Crippen LogP contribution < -0.4 is 119 Å². The SMILES string of the molecule is C#CCn1c(=O)n(C)c(=O)n(CC#C)c1=O.C=C(C)Cn1c(=O)n(C)c(=O)n(CC(=C)C)c1=O.C=C(C)Cn1c(=O)n(CC(=C)C)c(=O)n(CC(=C)C)c1=O.C=CCCn1c(=O)n(C)c(=O)n(CCC=C)c1=O.C=CCCn1c(=O)n(CCC=C)c(=O)n(CCC=C)c1=O.C=CCn1c(=O)n(C)c(=O)n(CC=C)c1=O.C=CCn1c(=O)n(CC=C)c(=O)n(CC=C)c1=O. The van der Waals surface area contributed by atoms with Crippen LogP contribution in [0.3, 0.4) is 0 Å². The summed E-state index contributed by atoms with van der Waals surface area (Å²) in [6, 6.07) is 0. The summed E-state index contributed by atoms with van der Waals surface area (Å²) in [4.78, 5) is 251. The molecule has 0 atom stereocenters. The minimum atomic E-state index is -0.788. The molecule has 7 heterocycles. The van der Waals surface area contributed by atoms with Crippen LogP contribution in [0.5, 0.6) is 0 Å². The minimum absolute atomic E-state index is 0.0478. The van der Waals surface area contributed by atoms with Gasteiger partial charge in [0.2, 0.25) is 0 Å². The Morgan fingerprint density at radius 1 is 0.211 bits per heavy atom. The number of hydrogen-bond acceptors (Lipinski definition) is 21. The van der Waals surface area contributed by atoms with E-state index in [1.807, 2.05) is 0 Å². The second-order valence-corrected chi connectivity index (χ2v) is 28.1. The maximum absolute atomic E-state index is 12.3. The highest BCUT2D eigenvalue weighted by atomic mass is 16.2. The van der Waals surface area contributed by atoms with Gasteiger partial charge in [0.1, 0.15) is 0 Å². The molecule has 7 rings (SSSR count). The molecule has 128 heavy (non-hydrogen) atoms. The Labute approximate surface area is 731 Å². The molecule has 0 spiro atoms. The molecule has 0 aliphatic heterocycles. The van der Waals surface area contributed by atoms with Crippen molar-refractivity contribution < 1.29 is 0 Å². The van der Waals surface area contributed by atoms with Crippen LogP contribution in [0.25, 0.3) is 0 Å². The highest BCUT2D eigenvalue weighted by molar-refractivity contribution is 5.00. The predicted molar refractivity (Wildman–Crippen MR) is 495 cm³/mol. The third kappa shape index (κ3) is 28.9. The van der Waals surface area contributed by atoms with Crippen LogP contribution in [-0.4, -0.2) is 95.9 Å². The first-order chi connectivity index (χ1) is 60.2. The lowest BCUT2D eigenvalue weighted by molar-refractivity contribution is 0.450. The van der Waals surface area contributed by atoms with Gasteiger partial charge in [-0.15, -0.1) is 78.6 Å². The predicted octanol–water partition coefficient (Wildman–Crippen LogP) is -1.69. The lowest BCUT2D eigenvalue weighted by atomic mass is 10.3. The zero-order chi connectivity index (χ0) is 98.2. The van der Waals surface area contributed by atoms with Crippen molar-refractivity contribution in [3.63, 3.8) is 0 Å². The monoisotopic (exact) mass is 1780 g/mol. The summed E-state index contributed by atoms with van der Waals surface area (Å²) in [5.74, 6) is 4.33. The van der Waals surface area contributed by atoms with E-state index in [0.717, 1.165) is 95.9 Å². The minimum Gasteiger partial charge on any atom is -0.248 e. The van der Waals surface area contributed by atoms with Gasteiger partial charge in [0.15, 0.2) is 0 Å². The molecule has 0 saturated carbocycles. The first kappa shape index (κ1) is 110. The second-order valence-electron chi connectivity index (χ2n) is 28.1. The van der Waals surface area contributed by atoms with Crippen molar-refractivity contribution in [2.75, 3.05) is 0 Å². The van der Waals surface area contributed by atoms with Crippen molar-refractivity contribution in [3.05, 3.63) is 407 Å². The van der Waals surface area contributed by atoms with E-state index in [2.05, 4.69) is 111 Å². The van der Waals surface area contributed by atoms with Gasteiger partial charge in [-0.25, -0.2) is 197 Å². The van der Waals surface area contributed by atoms with E-state index in [1.165, 1.54) is 58.6 Å². The number of terminal acetylenes is 2. The molecule has 0 unspecified atom stereocenters. The Morgan fingerprint density at radius 2 is 0.336 bits per heavy atom. The van der Waals surface area contributed by atoms with Gasteiger partial charge in [-0.1, -0.05) is 133 Å². The molecular formula is C86H113N21O21. The van der Waals surface area contributed by atoms with Crippen molar-refractivity contribution in [1.29, 1.82) is 0 Å². The van der Waals surface area contributed by atoms with Crippen LogP contribution >= 0.6 is 0 Å². The summed E-state index contributed by atoms with van der Waals surface area (Å²) < 4.78 is 20.1. The van der Waals surface area contributed by atoms with Crippen molar-refractivity contribution >= 4 is 0 Å². The van der Waals surface area contributed by atoms with Gasteiger partial charge in [0.25, 0.3) is 0 Å². The summed E-state index contributed by atoms with van der Waals surface area (Å²) in [5.41, 5.74) is -10.3. The lowest BCUT2D eigenvalue weighted by Crippen LogP contribution is -2.54. The van der Waals surface area contributed by atoms with E-state index in [1.54, 1.807) is 65.0 Å². The summed E-state index contributed by atoms with van der Waals surface area (Å²) in [5, 5.41) is 0. The van der Waals surface area contributed by atoms with E-state index in [4.69, 9.17) is 12.8 Å². The zero-order valence-corrected chi connectivity index (χ0v) is 74.1. The Hall–Kier alpha value is -15.9. The molecule has 42 nitrogen and oxygen atoms in total. The zero-order valence-electron chi connectivity index (χ0n) is 74.1. The van der Waals surface area contributed by atoms with E-state index in [9.17, 15) is 101 Å². The topological polar surface area (TPSA) is 462 Å². The standard InChI is InChI=1S/2C15H21N3O3.2C12H17N3O3.C12H15N3O3.C10H13N3O3.C10H9N3O3/c1-10(2)7-16-13(19)17(8-11(3)4)15(21)18(14(16)20)9-12(5)6;1-4-7-10-16-13(19)17(11-8-5-2)15(21)18(14(16)20)12-9-6-3;1-8(2)6-14-10(16)13(5)11(17)15(12(14)18)7-9(3)4;1-4-6-8-14-10(16)13(3)11(17)15(12(14)18)9-7-5-2;1-4-7-13-10(16)14(8-5-2)12(18)15(9-6-3)11(13)17;2*1-4-6-12-8(14)11(3)9(15)13(7-5-2)10(12)16/h1,3,5,7-9H2,2,4,6H3;4-6H,1-3,7-12H2;1,3,6-7H2,2,4-5H3;4-5H,1-2,6-9H2,3H3;4-6H,1-3,7-9H2;4-5H,1-2,6-7H2,3H3;1-2H,6-7H2,3H3. The first-order valence-corrected chi connectivity index (χ1v) is 38.8. The molecule has 0 aliphatic rings. The third-order valence-electron chi connectivity index (χ3n) is 17.1. The van der Waals surface area contributed by atoms with Crippen LogP contribution in [0.2, 0.25) is 0 Å². The van der Waals surface area contributed by atoms with Gasteiger partial charge >= 0.3 is 119 Å². The second kappa shape index (κ2) is 53.2. The Balaban J connectivity index is 0.000000748. The number of allylic oxidation sites excluding steroid dienone is 15. The van der Waals surface area contributed by atoms with Gasteiger partial charge < -0.3 is 0 Å². The molecule has 0 fully saturated rings. The van der Waals surface area contributed by atoms with Crippen LogP contribution in [0.4, 0.5) is 0 Å². The van der Waals surface area contributed by atoms with Crippen molar-refractivity contribution in [2.24, 2.45) is 28.2 Å². The number of hydrogen-bond donors (Lipinski definition) is 0. The first-order valence-electron chi connectivity index (χ1n) is 38.8. The smallest absolute Gasteiger partial charge is 0.248 e. The van der Waals surface area contributed by atoms with Crippen LogP contribution in [-0.2, 0) is 139 Å². The fourth-order valence-electron chi connectivity index (χ4n) is 11.0. The Morgan fingerprint density at radius 3 is 0.500 bits per heavy atom. The van der Waals surface area contributed by atoms with Gasteiger partial charge in [0, 0.05) is 60.9 Å². The lowest BCUT2D eigenvalue weighted by Gasteiger charge is -2.14. The summed E-state index contributed by atoms with van der Waals surface area (Å²) >= 11 is 0. The quantitative estimate of drug-likeness (QED) is 0.0310. The van der Waals surface area contributed by atoms with E-state index < -0.39 is 119 Å². The van der Waals surface area contributed by atoms with E-state index in [-0.39, 0.29) is 111 Å². The molecule has 0 saturated heterocycles. The molecule has 688 valence electrons. The highest BCUT2D eigenvalue weighted by Gasteiger charge is 2.21. The van der Waals surface area contributed by atoms with Gasteiger partial charge in [0.05, 0.1) is 78.5 Å². The van der Waals surface area contributed by atoms with Gasteiger partial charge in [-0.3, -0.25) is 0 Å². The van der Waals surface area contributed by atoms with Crippen molar-refractivity contribution in [1.82, 2.24) is 95.9 Å². The van der Waals surface area contributed by atoms with E-state index >= 15 is 0 Å². The third-order valence-corrected chi connectivity index (χ3v) is 17.1. The summed E-state index contributed by atoms with van der Waals surface area (Å²) in [6.07, 6.45) is 27.7. The van der Waals surface area contributed by atoms with Crippen molar-refractivity contribution in [3.8, 4) is 24.7 Å². The summed E-state index contributed by atoms with van der Waals surface area (Å²) in [6.45, 7) is 63.5. The highest BCUT2D eigenvalue weighted by Crippen LogP contribution is 1.97. The number of rotatable bonds is 37. The van der Waals surface area contributed by atoms with Gasteiger partial charge in [-0.05, 0) is 66.7 Å². The van der Waals surface area contributed by atoms with Gasteiger partial charge in [-0.2, -0.15) is 0 Å². The van der Waals surface area contributed by atoms with Crippen LogP contribution in [0, 0.1) is 24.7 Å². The number of nitrogens with zero attached hydrogens (tertiary/aromatic N) is 21. The maximum Gasteiger partial charge on any atom is 0.338 e. The molecule has 7 aromatic rings. The van der Waals surface area contributed by atoms with Crippen molar-refractivity contribution in [2.45, 2.75) is 178 Å². The molecular weight excluding hydrogens is 1660 g/mol. The fraction of sp³-hybridized carbons (Fsp3) is 0.360. The average molecular weight is 1780 g/mol. The molecule has 7 aromatic heterocycles. The maximum atomic E-state index is 12.3. The molecule has 0 aliphatic carbocycles. The van der Waals surface area contributed by atoms with Crippen LogP contribution in [0.15, 0.2) is 288 Å².